The number of ether oxygens (including phenoxy) is 1. The van der Waals surface area contributed by atoms with Crippen molar-refractivity contribution in [3.05, 3.63) is 76.5 Å². The number of nitrogens with one attached hydrogen (secondary N) is 1. The number of carbonyl (C=O) groups is 2. The van der Waals surface area contributed by atoms with E-state index in [1.54, 1.807) is 18.3 Å². The quantitative estimate of drug-likeness (QED) is 0.396. The van der Waals surface area contributed by atoms with Crippen molar-refractivity contribution in [2.24, 2.45) is 5.92 Å². The molecule has 2 aromatic heterocycles. The lowest BCUT2D eigenvalue weighted by Gasteiger charge is -2.14. The molecule has 37 heavy (non-hydrogen) atoms. The first-order valence-electron chi connectivity index (χ1n) is 12.8. The van der Waals surface area contributed by atoms with Crippen LogP contribution in [0.15, 0.2) is 42.6 Å². The minimum absolute atomic E-state index is 0.0218. The van der Waals surface area contributed by atoms with Crippen LogP contribution in [0.1, 0.15) is 61.7 Å². The van der Waals surface area contributed by atoms with Crippen LogP contribution in [-0.4, -0.2) is 33.8 Å². The number of nitrogens with zero attached hydrogens (tertiary/aromatic N) is 3. The van der Waals surface area contributed by atoms with E-state index in [4.69, 9.17) is 5.10 Å². The molecule has 1 N–H and O–H groups in total. The van der Waals surface area contributed by atoms with Gasteiger partial charge in [0.05, 0.1) is 12.8 Å². The standard InChI is InChI=1S/C29H35FN4O3/c1-29(2,3)26-17-23(34(33-26)18-21-7-8-21)16-24(35)15-22-10-9-19(13-25(22)30)5-6-20-11-12-31-27(14-20)32-28(36)37-4/h9-14,17,21H,5-8,15-16,18H2,1-4H3,(H,31,32,36). The van der Waals surface area contributed by atoms with E-state index >= 15 is 0 Å². The molecule has 1 aliphatic rings. The predicted molar refractivity (Wildman–Crippen MR) is 140 cm³/mol. The van der Waals surface area contributed by atoms with Gasteiger partial charge in [0, 0.05) is 36.7 Å². The fraction of sp³-hybridized carbons (Fsp3) is 0.448. The minimum Gasteiger partial charge on any atom is -0.453 e. The third kappa shape index (κ3) is 7.47. The van der Waals surface area contributed by atoms with Gasteiger partial charge in [0.25, 0.3) is 0 Å². The van der Waals surface area contributed by atoms with Crippen LogP contribution in [0.5, 0.6) is 0 Å². The highest BCUT2D eigenvalue weighted by atomic mass is 19.1. The van der Waals surface area contributed by atoms with Gasteiger partial charge < -0.3 is 4.74 Å². The third-order valence-corrected chi connectivity index (χ3v) is 6.59. The summed E-state index contributed by atoms with van der Waals surface area (Å²) in [6.07, 6.45) is 5.01. The Morgan fingerprint density at radius 2 is 1.81 bits per heavy atom. The molecule has 4 rings (SSSR count). The molecule has 1 aliphatic carbocycles. The smallest absolute Gasteiger partial charge is 0.412 e. The maximum absolute atomic E-state index is 14.9. The molecule has 0 radical (unpaired) electrons. The van der Waals surface area contributed by atoms with E-state index in [2.05, 4.69) is 35.8 Å². The molecule has 196 valence electrons. The molecular formula is C29H35FN4O3. The van der Waals surface area contributed by atoms with Gasteiger partial charge >= 0.3 is 6.09 Å². The van der Waals surface area contributed by atoms with E-state index in [0.29, 0.717) is 30.1 Å². The number of Topliss-reactive ketones (excluding diaryl/α,β-unsaturated/α-hetero) is 1. The van der Waals surface area contributed by atoms with Gasteiger partial charge in [-0.3, -0.25) is 14.8 Å². The van der Waals surface area contributed by atoms with Gasteiger partial charge in [-0.05, 0) is 72.6 Å². The molecule has 0 spiro atoms. The molecule has 1 amide bonds. The van der Waals surface area contributed by atoms with Crippen LogP contribution in [0.2, 0.25) is 0 Å². The summed E-state index contributed by atoms with van der Waals surface area (Å²) in [5.41, 5.74) is 4.01. The number of aryl methyl sites for hydroxylation is 2. The number of halogens is 1. The second kappa shape index (κ2) is 11.2. The first-order valence-corrected chi connectivity index (χ1v) is 12.8. The van der Waals surface area contributed by atoms with E-state index in [9.17, 15) is 14.0 Å². The van der Waals surface area contributed by atoms with Crippen molar-refractivity contribution in [2.45, 2.75) is 71.3 Å². The van der Waals surface area contributed by atoms with E-state index in [1.165, 1.54) is 26.0 Å². The van der Waals surface area contributed by atoms with Crippen LogP contribution >= 0.6 is 0 Å². The average Bonchev–Trinajstić information content (AvgIpc) is 3.57. The number of anilines is 1. The molecular weight excluding hydrogens is 471 g/mol. The van der Waals surface area contributed by atoms with Crippen LogP contribution < -0.4 is 5.32 Å². The number of ketones is 1. The van der Waals surface area contributed by atoms with Gasteiger partial charge in [-0.15, -0.1) is 0 Å². The Morgan fingerprint density at radius 1 is 1.08 bits per heavy atom. The van der Waals surface area contributed by atoms with E-state index in [0.717, 1.165) is 29.1 Å². The van der Waals surface area contributed by atoms with Crippen molar-refractivity contribution in [1.82, 2.24) is 14.8 Å². The Balaban J connectivity index is 1.36. The topological polar surface area (TPSA) is 86.1 Å². The Kier molecular flexibility index (Phi) is 8.05. The van der Waals surface area contributed by atoms with Crippen molar-refractivity contribution in [3.8, 4) is 0 Å². The fourth-order valence-corrected chi connectivity index (χ4v) is 4.18. The van der Waals surface area contributed by atoms with Crippen LogP contribution in [0.3, 0.4) is 0 Å². The molecule has 0 aliphatic heterocycles. The van der Waals surface area contributed by atoms with Crippen LogP contribution in [0, 0.1) is 11.7 Å². The summed E-state index contributed by atoms with van der Waals surface area (Å²) in [5, 5.41) is 7.32. The van der Waals surface area contributed by atoms with Gasteiger partial charge in [-0.25, -0.2) is 14.2 Å². The molecule has 7 nitrogen and oxygen atoms in total. The van der Waals surface area contributed by atoms with Crippen molar-refractivity contribution in [2.75, 3.05) is 12.4 Å². The molecule has 0 bridgehead atoms. The summed E-state index contributed by atoms with van der Waals surface area (Å²) in [6, 6.07) is 10.7. The minimum atomic E-state index is -0.584. The van der Waals surface area contributed by atoms with Crippen LogP contribution in [0.4, 0.5) is 15.0 Å². The van der Waals surface area contributed by atoms with Crippen molar-refractivity contribution in [1.29, 1.82) is 0 Å². The lowest BCUT2D eigenvalue weighted by atomic mass is 9.92. The first-order chi connectivity index (χ1) is 17.6. The number of aromatic nitrogens is 3. The highest BCUT2D eigenvalue weighted by molar-refractivity contribution is 5.83. The number of hydrogen-bond donors (Lipinski definition) is 1. The Hall–Kier alpha value is -3.55. The molecule has 0 atom stereocenters. The van der Waals surface area contributed by atoms with Crippen LogP contribution in [0.25, 0.3) is 0 Å². The second-order valence-electron chi connectivity index (χ2n) is 10.9. The number of methoxy groups -OCH3 is 1. The Bertz CT molecular complexity index is 1270. The summed E-state index contributed by atoms with van der Waals surface area (Å²) in [6.45, 7) is 7.20. The zero-order valence-corrected chi connectivity index (χ0v) is 22.0. The van der Waals surface area contributed by atoms with Gasteiger partial charge in [-0.2, -0.15) is 5.10 Å². The molecule has 0 saturated heterocycles. The summed E-state index contributed by atoms with van der Waals surface area (Å²) < 4.78 is 21.5. The second-order valence-corrected chi connectivity index (χ2v) is 10.9. The summed E-state index contributed by atoms with van der Waals surface area (Å²) >= 11 is 0. The molecule has 1 saturated carbocycles. The lowest BCUT2D eigenvalue weighted by molar-refractivity contribution is -0.117. The molecule has 3 aromatic rings. The predicted octanol–water partition coefficient (Wildman–Crippen LogP) is 5.44. The number of amides is 1. The molecule has 0 unspecified atom stereocenters. The van der Waals surface area contributed by atoms with Gasteiger partial charge in [-0.1, -0.05) is 32.9 Å². The van der Waals surface area contributed by atoms with Crippen molar-refractivity contribution < 1.29 is 18.7 Å². The largest absolute Gasteiger partial charge is 0.453 e. The molecule has 8 heteroatoms. The maximum atomic E-state index is 14.9. The Morgan fingerprint density at radius 3 is 2.46 bits per heavy atom. The number of benzene rings is 1. The van der Waals surface area contributed by atoms with Gasteiger partial charge in [0.15, 0.2) is 0 Å². The molecule has 1 fully saturated rings. The Labute approximate surface area is 217 Å². The monoisotopic (exact) mass is 506 g/mol. The zero-order chi connectivity index (χ0) is 26.6. The van der Waals surface area contributed by atoms with E-state index in [-0.39, 0.29) is 29.9 Å². The normalized spacial score (nSPS) is 13.4. The molecule has 2 heterocycles. The van der Waals surface area contributed by atoms with Gasteiger partial charge in [0.2, 0.25) is 0 Å². The van der Waals surface area contributed by atoms with Gasteiger partial charge in [0.1, 0.15) is 17.4 Å². The summed E-state index contributed by atoms with van der Waals surface area (Å²) in [4.78, 5) is 28.4. The van der Waals surface area contributed by atoms with E-state index < -0.39 is 6.09 Å². The summed E-state index contributed by atoms with van der Waals surface area (Å²) in [7, 11) is 1.29. The number of rotatable bonds is 10. The summed E-state index contributed by atoms with van der Waals surface area (Å²) in [5.74, 6) is 0.661. The highest BCUT2D eigenvalue weighted by Crippen LogP contribution is 2.32. The van der Waals surface area contributed by atoms with Crippen molar-refractivity contribution in [3.63, 3.8) is 0 Å². The number of pyridine rings is 1. The molecule has 1 aromatic carbocycles. The lowest BCUT2D eigenvalue weighted by Crippen LogP contribution is -2.15. The zero-order valence-electron chi connectivity index (χ0n) is 22.0. The third-order valence-electron chi connectivity index (χ3n) is 6.59. The maximum Gasteiger partial charge on any atom is 0.412 e. The first kappa shape index (κ1) is 26.5. The van der Waals surface area contributed by atoms with Crippen LogP contribution in [-0.2, 0) is 47.2 Å². The number of hydrogen-bond acceptors (Lipinski definition) is 5. The fourth-order valence-electron chi connectivity index (χ4n) is 4.18. The average molecular weight is 507 g/mol. The van der Waals surface area contributed by atoms with E-state index in [1.807, 2.05) is 22.9 Å². The number of carbonyl (C=O) groups excluding carboxylic acids is 2. The SMILES string of the molecule is COC(=O)Nc1cc(CCc2ccc(CC(=O)Cc3cc(C(C)(C)C)nn3CC3CC3)c(F)c2)ccn1. The van der Waals surface area contributed by atoms with Crippen molar-refractivity contribution >= 4 is 17.7 Å². The highest BCUT2D eigenvalue weighted by Gasteiger charge is 2.26.